The molecule has 0 spiro atoms. The van der Waals surface area contributed by atoms with Crippen LogP contribution in [-0.4, -0.2) is 24.1 Å². The Morgan fingerprint density at radius 3 is 2.55 bits per heavy atom. The van der Waals surface area contributed by atoms with Gasteiger partial charge < -0.3 is 18.8 Å². The maximum absolute atomic E-state index is 13.5. The summed E-state index contributed by atoms with van der Waals surface area (Å²) in [4.78, 5) is 15.4. The molecule has 0 aliphatic carbocycles. The summed E-state index contributed by atoms with van der Waals surface area (Å²) in [7, 11) is 0. The van der Waals surface area contributed by atoms with E-state index in [0.29, 0.717) is 19.5 Å². The lowest BCUT2D eigenvalue weighted by Gasteiger charge is -2.32. The number of amides is 1. The van der Waals surface area contributed by atoms with Crippen LogP contribution in [-0.2, 0) is 24.2 Å². The molecular formula is C23H20FNO4. The van der Waals surface area contributed by atoms with Gasteiger partial charge in [0, 0.05) is 19.5 Å². The average molecular weight is 393 g/mol. The molecule has 1 atom stereocenters. The maximum Gasteiger partial charge on any atom is 0.231 e. The van der Waals surface area contributed by atoms with E-state index in [2.05, 4.69) is 0 Å². The summed E-state index contributed by atoms with van der Waals surface area (Å²) in [5, 5.41) is 0. The van der Waals surface area contributed by atoms with Crippen molar-refractivity contribution in [3.8, 4) is 11.5 Å². The van der Waals surface area contributed by atoms with E-state index in [1.54, 1.807) is 24.5 Å². The number of carbonyl (C=O) groups excluding carboxylic acids is 1. The first-order valence-electron chi connectivity index (χ1n) is 9.65. The van der Waals surface area contributed by atoms with Gasteiger partial charge in [0.05, 0.1) is 12.2 Å². The molecule has 2 aliphatic rings. The lowest BCUT2D eigenvalue weighted by atomic mass is 9.91. The van der Waals surface area contributed by atoms with Crippen molar-refractivity contribution in [2.75, 3.05) is 13.3 Å². The van der Waals surface area contributed by atoms with Gasteiger partial charge in [-0.05, 0) is 59.5 Å². The van der Waals surface area contributed by atoms with Crippen molar-refractivity contribution in [3.63, 3.8) is 0 Å². The minimum Gasteiger partial charge on any atom is -0.469 e. The van der Waals surface area contributed by atoms with Gasteiger partial charge in [-0.2, -0.15) is 0 Å². The van der Waals surface area contributed by atoms with Crippen LogP contribution >= 0.6 is 0 Å². The van der Waals surface area contributed by atoms with Gasteiger partial charge in [0.1, 0.15) is 11.6 Å². The molecule has 0 saturated heterocycles. The molecule has 2 aromatic carbocycles. The fourth-order valence-corrected chi connectivity index (χ4v) is 4.03. The number of halogens is 1. The summed E-state index contributed by atoms with van der Waals surface area (Å²) in [5.41, 5.74) is 3.04. The molecule has 1 aromatic heterocycles. The Hall–Kier alpha value is -3.28. The van der Waals surface area contributed by atoms with E-state index < -0.39 is 5.92 Å². The Morgan fingerprint density at radius 2 is 1.83 bits per heavy atom. The molecule has 3 aromatic rings. The number of nitrogens with zero attached hydrogens (tertiary/aromatic N) is 1. The van der Waals surface area contributed by atoms with E-state index >= 15 is 0 Å². The van der Waals surface area contributed by atoms with Crippen molar-refractivity contribution < 1.29 is 23.1 Å². The highest BCUT2D eigenvalue weighted by atomic mass is 19.1. The number of benzene rings is 2. The third kappa shape index (κ3) is 3.46. The zero-order chi connectivity index (χ0) is 19.8. The molecular weight excluding hydrogens is 373 g/mol. The van der Waals surface area contributed by atoms with Crippen LogP contribution in [0.25, 0.3) is 0 Å². The first kappa shape index (κ1) is 17.8. The normalized spacial score (nSPS) is 15.8. The van der Waals surface area contributed by atoms with Crippen molar-refractivity contribution >= 4 is 5.91 Å². The fourth-order valence-electron chi connectivity index (χ4n) is 4.03. The van der Waals surface area contributed by atoms with Crippen molar-refractivity contribution in [1.82, 2.24) is 4.90 Å². The van der Waals surface area contributed by atoms with Crippen LogP contribution < -0.4 is 9.47 Å². The molecule has 148 valence electrons. The van der Waals surface area contributed by atoms with Crippen LogP contribution in [0, 0.1) is 5.82 Å². The van der Waals surface area contributed by atoms with Gasteiger partial charge >= 0.3 is 0 Å². The molecule has 0 radical (unpaired) electrons. The molecule has 1 amide bonds. The monoisotopic (exact) mass is 393 g/mol. The zero-order valence-electron chi connectivity index (χ0n) is 15.8. The largest absolute Gasteiger partial charge is 0.469 e. The smallest absolute Gasteiger partial charge is 0.231 e. The van der Waals surface area contributed by atoms with E-state index in [4.69, 9.17) is 13.9 Å². The zero-order valence-corrected chi connectivity index (χ0v) is 15.8. The van der Waals surface area contributed by atoms with Crippen LogP contribution in [0.3, 0.4) is 0 Å². The highest BCUT2D eigenvalue weighted by Gasteiger charge is 2.30. The van der Waals surface area contributed by atoms with Crippen LogP contribution in [0.1, 0.15) is 28.4 Å². The molecule has 1 unspecified atom stereocenters. The predicted octanol–water partition coefficient (Wildman–Crippen LogP) is 4.06. The second kappa shape index (κ2) is 7.28. The number of ether oxygens (including phenoxy) is 2. The standard InChI is InChI=1S/C23H20FNO4/c24-18-5-3-15(4-6-18)20(12-19-2-1-9-27-19)23(26)25-8-7-16-10-21-22(29-14-28-21)11-17(16)13-25/h1-6,9-11,20H,7-8,12-14H2. The van der Waals surface area contributed by atoms with E-state index in [1.165, 1.54) is 17.7 Å². The Morgan fingerprint density at radius 1 is 1.07 bits per heavy atom. The van der Waals surface area contributed by atoms with Gasteiger partial charge in [-0.25, -0.2) is 4.39 Å². The van der Waals surface area contributed by atoms with Crippen molar-refractivity contribution in [2.24, 2.45) is 0 Å². The van der Waals surface area contributed by atoms with E-state index in [9.17, 15) is 9.18 Å². The second-order valence-electron chi connectivity index (χ2n) is 7.37. The third-order valence-electron chi connectivity index (χ3n) is 5.57. The summed E-state index contributed by atoms with van der Waals surface area (Å²) in [6, 6.07) is 13.8. The van der Waals surface area contributed by atoms with Gasteiger partial charge in [0.2, 0.25) is 12.7 Å². The maximum atomic E-state index is 13.5. The van der Waals surface area contributed by atoms with E-state index in [0.717, 1.165) is 34.8 Å². The number of rotatable bonds is 4. The topological polar surface area (TPSA) is 51.9 Å². The van der Waals surface area contributed by atoms with Crippen LogP contribution in [0.4, 0.5) is 4.39 Å². The number of hydrogen-bond acceptors (Lipinski definition) is 4. The van der Waals surface area contributed by atoms with Gasteiger partial charge in [-0.3, -0.25) is 4.79 Å². The van der Waals surface area contributed by atoms with Crippen molar-refractivity contribution in [2.45, 2.75) is 25.3 Å². The molecule has 0 N–H and O–H groups in total. The molecule has 0 bridgehead atoms. The second-order valence-corrected chi connectivity index (χ2v) is 7.37. The first-order valence-corrected chi connectivity index (χ1v) is 9.65. The Kier molecular flexibility index (Phi) is 4.46. The summed E-state index contributed by atoms with van der Waals surface area (Å²) >= 11 is 0. The number of furan rings is 1. The Balaban J connectivity index is 1.42. The fraction of sp³-hybridized carbons (Fsp3) is 0.261. The van der Waals surface area contributed by atoms with Crippen LogP contribution in [0.5, 0.6) is 11.5 Å². The molecule has 5 rings (SSSR count). The van der Waals surface area contributed by atoms with E-state index in [1.807, 2.05) is 23.1 Å². The molecule has 0 saturated carbocycles. The van der Waals surface area contributed by atoms with Crippen LogP contribution in [0.15, 0.2) is 59.2 Å². The van der Waals surface area contributed by atoms with Gasteiger partial charge in [-0.15, -0.1) is 0 Å². The SMILES string of the molecule is O=C(C(Cc1ccco1)c1ccc(F)cc1)N1CCc2cc3c(cc2C1)OCO3. The Labute approximate surface area is 167 Å². The van der Waals surface area contributed by atoms with E-state index in [-0.39, 0.29) is 18.5 Å². The Bertz CT molecular complexity index is 1030. The third-order valence-corrected chi connectivity index (χ3v) is 5.57. The number of fused-ring (bicyclic) bond motifs is 2. The molecule has 29 heavy (non-hydrogen) atoms. The van der Waals surface area contributed by atoms with Crippen molar-refractivity contribution in [3.05, 3.63) is 83.1 Å². The summed E-state index contributed by atoms with van der Waals surface area (Å²) in [6.07, 6.45) is 2.79. The molecule has 2 aliphatic heterocycles. The first-order chi connectivity index (χ1) is 14.2. The molecule has 6 heteroatoms. The predicted molar refractivity (Wildman–Crippen MR) is 103 cm³/mol. The molecule has 0 fully saturated rings. The highest BCUT2D eigenvalue weighted by molar-refractivity contribution is 5.84. The lowest BCUT2D eigenvalue weighted by molar-refractivity contribution is -0.133. The minimum atomic E-state index is -0.433. The summed E-state index contributed by atoms with van der Waals surface area (Å²) in [5.74, 6) is 1.48. The highest BCUT2D eigenvalue weighted by Crippen LogP contribution is 2.37. The van der Waals surface area contributed by atoms with Gasteiger partial charge in [0.15, 0.2) is 11.5 Å². The summed E-state index contributed by atoms with van der Waals surface area (Å²) < 4.78 is 29.8. The summed E-state index contributed by atoms with van der Waals surface area (Å²) in [6.45, 7) is 1.37. The number of hydrogen-bond donors (Lipinski definition) is 0. The van der Waals surface area contributed by atoms with Gasteiger partial charge in [-0.1, -0.05) is 12.1 Å². The number of carbonyl (C=O) groups is 1. The quantitative estimate of drug-likeness (QED) is 0.671. The lowest BCUT2D eigenvalue weighted by Crippen LogP contribution is -2.39. The average Bonchev–Trinajstić information content (AvgIpc) is 3.41. The van der Waals surface area contributed by atoms with Crippen molar-refractivity contribution in [1.29, 1.82) is 0 Å². The molecule has 3 heterocycles. The minimum absolute atomic E-state index is 0.0105. The van der Waals surface area contributed by atoms with Gasteiger partial charge in [0.25, 0.3) is 0 Å². The van der Waals surface area contributed by atoms with Crippen LogP contribution in [0.2, 0.25) is 0 Å². The molecule has 5 nitrogen and oxygen atoms in total.